The van der Waals surface area contributed by atoms with Crippen LogP contribution in [0.15, 0.2) is 0 Å². The van der Waals surface area contributed by atoms with Crippen LogP contribution < -0.4 is 17.0 Å². The zero-order valence-electron chi connectivity index (χ0n) is 6.09. The van der Waals surface area contributed by atoms with Gasteiger partial charge in [-0.1, -0.05) is 0 Å². The second-order valence-corrected chi connectivity index (χ2v) is 4.65. The van der Waals surface area contributed by atoms with E-state index in [-0.39, 0.29) is 39.1 Å². The maximum Gasteiger partial charge on any atom is 0.359 e. The minimum atomic E-state index is 0. The Balaban J connectivity index is 0.000000810. The van der Waals surface area contributed by atoms with E-state index in [4.69, 9.17) is 4.74 Å². The van der Waals surface area contributed by atoms with E-state index in [0.717, 1.165) is 6.42 Å². The van der Waals surface area contributed by atoms with Crippen LogP contribution in [0.3, 0.4) is 0 Å². The largest absolute Gasteiger partial charge is 1.00 e. The highest BCUT2D eigenvalue weighted by molar-refractivity contribution is 7.96. The molecular weight excluding hydrogens is 216 g/mol. The molecule has 0 radical (unpaired) electrons. The first kappa shape index (κ1) is 10.3. The third kappa shape index (κ3) is 2.16. The molecule has 0 amide bonds. The van der Waals surface area contributed by atoms with E-state index in [1.807, 2.05) is 0 Å². The van der Waals surface area contributed by atoms with Crippen molar-refractivity contribution in [2.45, 2.75) is 11.7 Å². The molecule has 0 aromatic rings. The van der Waals surface area contributed by atoms with E-state index < -0.39 is 0 Å². The van der Waals surface area contributed by atoms with Gasteiger partial charge in [-0.3, -0.25) is 0 Å². The lowest BCUT2D eigenvalue weighted by Gasteiger charge is -1.98. The summed E-state index contributed by atoms with van der Waals surface area (Å²) in [5, 5.41) is 0.199. The summed E-state index contributed by atoms with van der Waals surface area (Å²) < 4.78 is 4.79. The van der Waals surface area contributed by atoms with Gasteiger partial charge in [0.2, 0.25) is 5.25 Å². The van der Waals surface area contributed by atoms with Crippen molar-refractivity contribution in [3.05, 3.63) is 0 Å². The molecule has 60 valence electrons. The highest BCUT2D eigenvalue weighted by atomic mass is 79.9. The molecule has 0 aromatic carbocycles. The molecule has 0 aromatic heterocycles. The highest BCUT2D eigenvalue weighted by Crippen LogP contribution is 2.13. The fourth-order valence-corrected chi connectivity index (χ4v) is 1.93. The fraction of sp³-hybridized carbons (Fsp3) is 0.833. The van der Waals surface area contributed by atoms with Crippen molar-refractivity contribution in [1.82, 2.24) is 0 Å². The van der Waals surface area contributed by atoms with Gasteiger partial charge in [-0.15, -0.1) is 0 Å². The number of rotatable bonds is 1. The molecule has 1 aliphatic heterocycles. The SMILES string of the molecule is C[S+](C)C1CCOC1=O.[Br-]. The monoisotopic (exact) mass is 226 g/mol. The molecule has 0 spiro atoms. The van der Waals surface area contributed by atoms with Gasteiger partial charge in [-0.25, -0.2) is 4.79 Å². The van der Waals surface area contributed by atoms with Crippen molar-refractivity contribution in [3.63, 3.8) is 0 Å². The summed E-state index contributed by atoms with van der Waals surface area (Å²) in [5.74, 6) is 0.00309. The van der Waals surface area contributed by atoms with E-state index in [2.05, 4.69) is 12.5 Å². The molecule has 1 saturated heterocycles. The van der Waals surface area contributed by atoms with Gasteiger partial charge in [-0.05, 0) is 10.9 Å². The lowest BCUT2D eigenvalue weighted by Crippen LogP contribution is -3.00. The van der Waals surface area contributed by atoms with Crippen molar-refractivity contribution in [1.29, 1.82) is 0 Å². The number of ether oxygens (including phenoxy) is 1. The normalized spacial score (nSPS) is 24.3. The average molecular weight is 227 g/mol. The van der Waals surface area contributed by atoms with Crippen LogP contribution in [0.25, 0.3) is 0 Å². The smallest absolute Gasteiger partial charge is 0.359 e. The Morgan fingerprint density at radius 1 is 1.60 bits per heavy atom. The van der Waals surface area contributed by atoms with E-state index in [1.54, 1.807) is 0 Å². The predicted octanol–water partition coefficient (Wildman–Crippen LogP) is -2.82. The Kier molecular flexibility index (Phi) is 4.36. The number of halogens is 1. The van der Waals surface area contributed by atoms with Crippen molar-refractivity contribution < 1.29 is 26.5 Å². The summed E-state index contributed by atoms with van der Waals surface area (Å²) in [7, 11) is 0.204. The molecule has 1 aliphatic rings. The summed E-state index contributed by atoms with van der Waals surface area (Å²) in [4.78, 5) is 10.8. The minimum Gasteiger partial charge on any atom is -1.00 e. The van der Waals surface area contributed by atoms with Crippen LogP contribution in [0.2, 0.25) is 0 Å². The lowest BCUT2D eigenvalue weighted by molar-refractivity contribution is -0.137. The third-order valence-corrected chi connectivity index (χ3v) is 3.02. The van der Waals surface area contributed by atoms with Crippen LogP contribution in [-0.2, 0) is 20.4 Å². The van der Waals surface area contributed by atoms with E-state index in [1.165, 1.54) is 0 Å². The molecule has 1 rings (SSSR count). The highest BCUT2D eigenvalue weighted by Gasteiger charge is 2.36. The van der Waals surface area contributed by atoms with Gasteiger partial charge < -0.3 is 21.7 Å². The van der Waals surface area contributed by atoms with Gasteiger partial charge >= 0.3 is 5.97 Å². The molecule has 0 bridgehead atoms. The average Bonchev–Trinajstić information content (AvgIpc) is 2.13. The summed E-state index contributed by atoms with van der Waals surface area (Å²) >= 11 is 0. The maximum absolute atomic E-state index is 10.8. The molecule has 0 saturated carbocycles. The first-order valence-electron chi connectivity index (χ1n) is 2.95. The fourth-order valence-electron chi connectivity index (χ4n) is 0.906. The summed E-state index contributed by atoms with van der Waals surface area (Å²) in [6.07, 6.45) is 5.09. The second-order valence-electron chi connectivity index (χ2n) is 2.32. The Hall–Kier alpha value is 0.300. The van der Waals surface area contributed by atoms with Crippen molar-refractivity contribution in [3.8, 4) is 0 Å². The molecule has 1 atom stereocenters. The first-order valence-corrected chi connectivity index (χ1v) is 5.05. The van der Waals surface area contributed by atoms with Crippen LogP contribution in [-0.4, -0.2) is 30.3 Å². The number of carbonyl (C=O) groups excluding carboxylic acids is 1. The van der Waals surface area contributed by atoms with Crippen LogP contribution in [0.1, 0.15) is 6.42 Å². The summed E-state index contributed by atoms with van der Waals surface area (Å²) in [6.45, 7) is 0.634. The molecule has 1 heterocycles. The van der Waals surface area contributed by atoms with Crippen LogP contribution in [0, 0.1) is 0 Å². The minimum absolute atomic E-state index is 0. The quantitative estimate of drug-likeness (QED) is 0.357. The van der Waals surface area contributed by atoms with Gasteiger partial charge in [0.25, 0.3) is 0 Å². The van der Waals surface area contributed by atoms with Crippen LogP contribution >= 0.6 is 0 Å². The molecule has 1 fully saturated rings. The van der Waals surface area contributed by atoms with Crippen molar-refractivity contribution in [2.24, 2.45) is 0 Å². The van der Waals surface area contributed by atoms with Gasteiger partial charge in [0.1, 0.15) is 0 Å². The topological polar surface area (TPSA) is 26.3 Å². The van der Waals surface area contributed by atoms with E-state index in [0.29, 0.717) is 6.61 Å². The van der Waals surface area contributed by atoms with Gasteiger partial charge in [0, 0.05) is 6.42 Å². The molecule has 0 aliphatic carbocycles. The van der Waals surface area contributed by atoms with Gasteiger partial charge in [0.15, 0.2) is 0 Å². The van der Waals surface area contributed by atoms with Crippen LogP contribution in [0.4, 0.5) is 0 Å². The van der Waals surface area contributed by atoms with Crippen molar-refractivity contribution in [2.75, 3.05) is 19.1 Å². The van der Waals surface area contributed by atoms with Gasteiger partial charge in [0.05, 0.1) is 19.1 Å². The van der Waals surface area contributed by atoms with E-state index >= 15 is 0 Å². The number of esters is 1. The summed E-state index contributed by atoms with van der Waals surface area (Å²) in [5.41, 5.74) is 0. The molecule has 10 heavy (non-hydrogen) atoms. The molecular formula is C6H11BrO2S. The number of hydrogen-bond donors (Lipinski definition) is 0. The number of hydrogen-bond acceptors (Lipinski definition) is 2. The number of carbonyl (C=O) groups is 1. The zero-order chi connectivity index (χ0) is 6.85. The zero-order valence-corrected chi connectivity index (χ0v) is 8.50. The Morgan fingerprint density at radius 2 is 2.20 bits per heavy atom. The lowest BCUT2D eigenvalue weighted by atomic mass is 10.4. The molecule has 4 heteroatoms. The molecule has 1 unspecified atom stereocenters. The predicted molar refractivity (Wildman–Crippen MR) is 38.6 cm³/mol. The Bertz CT molecular complexity index is 127. The summed E-state index contributed by atoms with van der Waals surface area (Å²) in [6, 6.07) is 0. The Morgan fingerprint density at radius 3 is 2.40 bits per heavy atom. The van der Waals surface area contributed by atoms with E-state index in [9.17, 15) is 4.79 Å². The Labute approximate surface area is 74.4 Å². The first-order chi connectivity index (χ1) is 4.22. The molecule has 0 N–H and O–H groups in total. The number of cyclic esters (lactones) is 1. The second kappa shape index (κ2) is 4.23. The maximum atomic E-state index is 10.8. The van der Waals surface area contributed by atoms with Crippen LogP contribution in [0.5, 0.6) is 0 Å². The third-order valence-electron chi connectivity index (χ3n) is 1.46. The van der Waals surface area contributed by atoms with Crippen molar-refractivity contribution >= 4 is 16.9 Å². The standard InChI is InChI=1S/C6H11O2S.BrH/c1-9(2)5-3-4-8-6(5)7;/h5H,3-4H2,1-2H3;1H/q+1;/p-1. The molecule has 2 nitrogen and oxygen atoms in total. The van der Waals surface area contributed by atoms with Gasteiger partial charge in [-0.2, -0.15) is 0 Å².